The number of benzene rings is 1. The van der Waals surface area contributed by atoms with Gasteiger partial charge in [-0.05, 0) is 43.9 Å². The van der Waals surface area contributed by atoms with E-state index >= 15 is 0 Å². The highest BCUT2D eigenvalue weighted by molar-refractivity contribution is 5.96. The summed E-state index contributed by atoms with van der Waals surface area (Å²) in [5, 5.41) is 12.0. The second kappa shape index (κ2) is 6.07. The topological polar surface area (TPSA) is 71.3 Å². The molecule has 0 unspecified atom stereocenters. The lowest BCUT2D eigenvalue weighted by atomic mass is 10.0. The van der Waals surface area contributed by atoms with Gasteiger partial charge < -0.3 is 15.0 Å². The molecular weight excluding hydrogens is 318 g/mol. The van der Waals surface area contributed by atoms with Gasteiger partial charge in [0.25, 0.3) is 5.56 Å². The van der Waals surface area contributed by atoms with Gasteiger partial charge in [0.2, 0.25) is 5.82 Å². The zero-order chi connectivity index (χ0) is 17.4. The van der Waals surface area contributed by atoms with E-state index in [2.05, 4.69) is 5.32 Å². The van der Waals surface area contributed by atoms with Gasteiger partial charge in [-0.2, -0.15) is 4.39 Å². The minimum absolute atomic E-state index is 0.0813. The fraction of sp³-hybridized carbons (Fsp3) is 0.294. The van der Waals surface area contributed by atoms with Crippen LogP contribution in [-0.4, -0.2) is 15.6 Å². The number of hydrogen-bond acceptors (Lipinski definition) is 3. The Morgan fingerprint density at radius 2 is 2.04 bits per heavy atom. The first-order valence-electron chi connectivity index (χ1n) is 7.61. The maximum absolute atomic E-state index is 14.5. The van der Waals surface area contributed by atoms with E-state index in [0.717, 1.165) is 0 Å². The number of aryl methyl sites for hydroxylation is 1. The highest BCUT2D eigenvalue weighted by Crippen LogP contribution is 2.29. The molecule has 2 N–H and O–H groups in total. The van der Waals surface area contributed by atoms with E-state index in [0.29, 0.717) is 24.8 Å². The predicted molar refractivity (Wildman–Crippen MR) is 85.0 cm³/mol. The molecule has 1 aromatic heterocycles. The van der Waals surface area contributed by atoms with Crippen molar-refractivity contribution in [1.29, 1.82) is 0 Å². The van der Waals surface area contributed by atoms with Crippen LogP contribution in [0.3, 0.4) is 0 Å². The quantitative estimate of drug-likeness (QED) is 0.904. The van der Waals surface area contributed by atoms with Crippen LogP contribution in [0.2, 0.25) is 0 Å². The number of halogens is 2. The number of pyridine rings is 1. The van der Waals surface area contributed by atoms with Gasteiger partial charge in [-0.3, -0.25) is 4.79 Å². The number of rotatable bonds is 3. The monoisotopic (exact) mass is 334 g/mol. The lowest BCUT2D eigenvalue weighted by Crippen LogP contribution is -2.33. The molecule has 7 heteroatoms. The van der Waals surface area contributed by atoms with Crippen LogP contribution in [0.25, 0.3) is 0 Å². The molecule has 0 atom stereocenters. The number of carboxylic acid groups (broad SMARTS) is 1. The molecule has 0 aliphatic carbocycles. The molecule has 1 aliphatic rings. The number of nitrogens with one attached hydrogen (secondary N) is 1. The van der Waals surface area contributed by atoms with Crippen molar-refractivity contribution < 1.29 is 18.7 Å². The summed E-state index contributed by atoms with van der Waals surface area (Å²) in [4.78, 5) is 23.9. The van der Waals surface area contributed by atoms with Crippen LogP contribution in [-0.2, 0) is 13.0 Å². The molecule has 24 heavy (non-hydrogen) atoms. The molecule has 0 saturated carbocycles. The Balaban J connectivity index is 2.21. The van der Waals surface area contributed by atoms with Gasteiger partial charge in [0.1, 0.15) is 11.4 Å². The Hall–Kier alpha value is -2.70. The fourth-order valence-electron chi connectivity index (χ4n) is 3.00. The van der Waals surface area contributed by atoms with E-state index < -0.39 is 28.9 Å². The van der Waals surface area contributed by atoms with Crippen molar-refractivity contribution in [3.05, 3.63) is 57.0 Å². The summed E-state index contributed by atoms with van der Waals surface area (Å²) in [6.45, 7) is 1.98. The number of carboxylic acids is 1. The third-order valence-electron chi connectivity index (χ3n) is 4.16. The first-order valence-corrected chi connectivity index (χ1v) is 7.61. The number of hydrogen-bond donors (Lipinski definition) is 2. The van der Waals surface area contributed by atoms with Crippen LogP contribution >= 0.6 is 0 Å². The number of aromatic nitrogens is 1. The van der Waals surface area contributed by atoms with Crippen molar-refractivity contribution in [2.45, 2.75) is 32.7 Å². The molecule has 0 radical (unpaired) electrons. The van der Waals surface area contributed by atoms with Crippen molar-refractivity contribution >= 4 is 17.3 Å². The SMILES string of the molecule is Cc1ccc(Nc2c(C(=O)O)c3n(c(=O)c2F)CCCC3)c(F)c1. The molecule has 0 amide bonds. The molecular formula is C17H16F2N2O3. The molecule has 5 nitrogen and oxygen atoms in total. The second-order valence-corrected chi connectivity index (χ2v) is 5.84. The molecule has 1 aromatic carbocycles. The number of carbonyl (C=O) groups is 1. The lowest BCUT2D eigenvalue weighted by Gasteiger charge is -2.23. The maximum atomic E-state index is 14.5. The molecule has 0 saturated heterocycles. The molecule has 0 spiro atoms. The van der Waals surface area contributed by atoms with E-state index in [1.54, 1.807) is 13.0 Å². The van der Waals surface area contributed by atoms with E-state index in [1.807, 2.05) is 0 Å². The van der Waals surface area contributed by atoms with Gasteiger partial charge in [-0.15, -0.1) is 0 Å². The highest BCUT2D eigenvalue weighted by atomic mass is 19.1. The van der Waals surface area contributed by atoms with Gasteiger partial charge in [-0.25, -0.2) is 9.18 Å². The average molecular weight is 334 g/mol. The normalized spacial score (nSPS) is 13.5. The van der Waals surface area contributed by atoms with E-state index in [-0.39, 0.29) is 23.5 Å². The molecule has 126 valence electrons. The lowest BCUT2D eigenvalue weighted by molar-refractivity contribution is 0.0694. The van der Waals surface area contributed by atoms with Crippen molar-refractivity contribution in [3.63, 3.8) is 0 Å². The average Bonchev–Trinajstić information content (AvgIpc) is 2.54. The smallest absolute Gasteiger partial charge is 0.339 e. The predicted octanol–water partition coefficient (Wildman–Crippen LogP) is 3.21. The van der Waals surface area contributed by atoms with Crippen molar-refractivity contribution in [2.75, 3.05) is 5.32 Å². The molecule has 3 rings (SSSR count). The van der Waals surface area contributed by atoms with Gasteiger partial charge in [-0.1, -0.05) is 6.07 Å². The number of anilines is 2. The van der Waals surface area contributed by atoms with Crippen LogP contribution in [0, 0.1) is 18.6 Å². The summed E-state index contributed by atoms with van der Waals surface area (Å²) >= 11 is 0. The van der Waals surface area contributed by atoms with Crippen molar-refractivity contribution in [2.24, 2.45) is 0 Å². The summed E-state index contributed by atoms with van der Waals surface area (Å²) in [5.41, 5.74) is -0.820. The summed E-state index contributed by atoms with van der Waals surface area (Å²) in [6.07, 6.45) is 1.76. The Morgan fingerprint density at radius 3 is 2.71 bits per heavy atom. The fourth-order valence-corrected chi connectivity index (χ4v) is 3.00. The van der Waals surface area contributed by atoms with Gasteiger partial charge in [0.15, 0.2) is 0 Å². The molecule has 0 fully saturated rings. The van der Waals surface area contributed by atoms with Crippen LogP contribution in [0.1, 0.15) is 34.5 Å². The largest absolute Gasteiger partial charge is 0.478 e. The minimum Gasteiger partial charge on any atom is -0.478 e. The number of aromatic carboxylic acids is 1. The van der Waals surface area contributed by atoms with Crippen molar-refractivity contribution in [1.82, 2.24) is 4.57 Å². The molecule has 2 aromatic rings. The van der Waals surface area contributed by atoms with Crippen LogP contribution in [0.4, 0.5) is 20.2 Å². The summed E-state index contributed by atoms with van der Waals surface area (Å²) in [7, 11) is 0. The summed E-state index contributed by atoms with van der Waals surface area (Å²) in [5.74, 6) is -3.21. The summed E-state index contributed by atoms with van der Waals surface area (Å²) < 4.78 is 29.7. The number of fused-ring (bicyclic) bond motifs is 1. The third kappa shape index (κ3) is 2.66. The van der Waals surface area contributed by atoms with Crippen LogP contribution in [0.5, 0.6) is 0 Å². The number of nitrogens with zero attached hydrogens (tertiary/aromatic N) is 1. The third-order valence-corrected chi connectivity index (χ3v) is 4.16. The zero-order valence-corrected chi connectivity index (χ0v) is 13.0. The Kier molecular flexibility index (Phi) is 4.09. The second-order valence-electron chi connectivity index (χ2n) is 5.84. The first kappa shape index (κ1) is 16.2. The first-order chi connectivity index (χ1) is 11.4. The standard InChI is InChI=1S/C17H16F2N2O3/c1-9-5-6-11(10(18)8-9)20-15-13(17(23)24)12-4-2-3-7-21(12)16(22)14(15)19/h5-6,8,20H,2-4,7H2,1H3,(H,23,24). The van der Waals surface area contributed by atoms with Crippen molar-refractivity contribution in [3.8, 4) is 0 Å². The van der Waals surface area contributed by atoms with E-state index in [1.165, 1.54) is 16.7 Å². The summed E-state index contributed by atoms with van der Waals surface area (Å²) in [6, 6.07) is 4.23. The Morgan fingerprint density at radius 1 is 1.29 bits per heavy atom. The van der Waals surface area contributed by atoms with Gasteiger partial charge >= 0.3 is 5.97 Å². The molecule has 2 heterocycles. The van der Waals surface area contributed by atoms with Gasteiger partial charge in [0, 0.05) is 12.2 Å². The van der Waals surface area contributed by atoms with Gasteiger partial charge in [0.05, 0.1) is 11.4 Å². The van der Waals surface area contributed by atoms with E-state index in [9.17, 15) is 23.5 Å². The minimum atomic E-state index is -1.35. The zero-order valence-electron chi connectivity index (χ0n) is 13.0. The van der Waals surface area contributed by atoms with Crippen LogP contribution in [0.15, 0.2) is 23.0 Å². The molecule has 1 aliphatic heterocycles. The molecule has 0 bridgehead atoms. The Labute approximate surface area is 136 Å². The Bertz CT molecular complexity index is 890. The highest BCUT2D eigenvalue weighted by Gasteiger charge is 2.28. The van der Waals surface area contributed by atoms with E-state index in [4.69, 9.17) is 0 Å². The maximum Gasteiger partial charge on any atom is 0.339 e. The van der Waals surface area contributed by atoms with Crippen LogP contribution < -0.4 is 10.9 Å².